The summed E-state index contributed by atoms with van der Waals surface area (Å²) in [5.74, 6) is -0.325. The lowest BCUT2D eigenvalue weighted by molar-refractivity contribution is -0.138. The Kier molecular flexibility index (Phi) is 4.25. The van der Waals surface area contributed by atoms with Crippen molar-refractivity contribution in [1.29, 1.82) is 0 Å². The molecule has 3 amide bonds. The molecule has 0 radical (unpaired) electrons. The van der Waals surface area contributed by atoms with Gasteiger partial charge in [0.05, 0.1) is 4.87 Å². The standard InChI is InChI=1S/C15H16ClN3O3S/c1-15-6-5-12(20)19(15)11(8-23-15)14(22)18-17-13(21)9-3-2-4-10(16)7-9/h2-4,7,11H,5-6,8H2,1H3,(H,17,21)(H,18,22)/t11-,15+/m0/s1. The van der Waals surface area contributed by atoms with Gasteiger partial charge in [0.2, 0.25) is 5.91 Å². The highest BCUT2D eigenvalue weighted by molar-refractivity contribution is 8.01. The van der Waals surface area contributed by atoms with Gasteiger partial charge in [-0.2, -0.15) is 0 Å². The molecule has 2 aliphatic heterocycles. The zero-order chi connectivity index (χ0) is 16.6. The molecule has 2 N–H and O–H groups in total. The predicted octanol–water partition coefficient (Wildman–Crippen LogP) is 1.56. The van der Waals surface area contributed by atoms with Crippen LogP contribution >= 0.6 is 23.4 Å². The van der Waals surface area contributed by atoms with Crippen LogP contribution in [0.4, 0.5) is 0 Å². The first kappa shape index (κ1) is 16.1. The van der Waals surface area contributed by atoms with Crippen molar-refractivity contribution < 1.29 is 14.4 Å². The Hall–Kier alpha value is -1.73. The van der Waals surface area contributed by atoms with E-state index in [1.807, 2.05) is 6.92 Å². The molecule has 2 aliphatic rings. The maximum atomic E-state index is 12.3. The van der Waals surface area contributed by atoms with Crippen molar-refractivity contribution in [2.24, 2.45) is 0 Å². The van der Waals surface area contributed by atoms with Crippen LogP contribution in [0.5, 0.6) is 0 Å². The van der Waals surface area contributed by atoms with Crippen molar-refractivity contribution in [2.45, 2.75) is 30.7 Å². The molecule has 1 aromatic rings. The van der Waals surface area contributed by atoms with E-state index in [4.69, 9.17) is 11.6 Å². The van der Waals surface area contributed by atoms with Crippen LogP contribution in [0.3, 0.4) is 0 Å². The predicted molar refractivity (Wildman–Crippen MR) is 87.8 cm³/mol. The normalized spacial score (nSPS) is 26.1. The van der Waals surface area contributed by atoms with Crippen molar-refractivity contribution >= 4 is 41.1 Å². The largest absolute Gasteiger partial charge is 0.315 e. The molecule has 0 bridgehead atoms. The Labute approximate surface area is 142 Å². The number of nitrogens with zero attached hydrogens (tertiary/aromatic N) is 1. The number of fused-ring (bicyclic) bond motifs is 1. The van der Waals surface area contributed by atoms with E-state index in [0.717, 1.165) is 6.42 Å². The van der Waals surface area contributed by atoms with Crippen LogP contribution in [0.1, 0.15) is 30.1 Å². The van der Waals surface area contributed by atoms with E-state index in [-0.39, 0.29) is 16.7 Å². The monoisotopic (exact) mass is 353 g/mol. The Morgan fingerprint density at radius 1 is 1.39 bits per heavy atom. The number of benzene rings is 1. The van der Waals surface area contributed by atoms with Crippen molar-refractivity contribution in [3.8, 4) is 0 Å². The second-order valence-corrected chi connectivity index (χ2v) is 7.66. The van der Waals surface area contributed by atoms with Gasteiger partial charge in [-0.3, -0.25) is 25.2 Å². The Balaban J connectivity index is 1.62. The number of amides is 3. The van der Waals surface area contributed by atoms with Crippen LogP contribution in [0.25, 0.3) is 0 Å². The van der Waals surface area contributed by atoms with Gasteiger partial charge in [0, 0.05) is 22.8 Å². The molecule has 3 rings (SSSR count). The molecule has 0 aromatic heterocycles. The number of thioether (sulfide) groups is 1. The summed E-state index contributed by atoms with van der Waals surface area (Å²) in [5, 5.41) is 0.439. The van der Waals surface area contributed by atoms with E-state index in [2.05, 4.69) is 10.9 Å². The number of carbonyl (C=O) groups is 3. The summed E-state index contributed by atoms with van der Waals surface area (Å²) in [4.78, 5) is 37.7. The molecule has 23 heavy (non-hydrogen) atoms. The second kappa shape index (κ2) is 6.05. The Morgan fingerprint density at radius 2 is 2.17 bits per heavy atom. The molecule has 8 heteroatoms. The van der Waals surface area contributed by atoms with Crippen molar-refractivity contribution in [1.82, 2.24) is 15.8 Å². The first-order valence-electron chi connectivity index (χ1n) is 7.22. The topological polar surface area (TPSA) is 78.5 Å². The summed E-state index contributed by atoms with van der Waals surface area (Å²) in [6.07, 6.45) is 1.21. The van der Waals surface area contributed by atoms with Crippen LogP contribution in [-0.2, 0) is 9.59 Å². The fourth-order valence-electron chi connectivity index (χ4n) is 2.92. The van der Waals surface area contributed by atoms with E-state index in [9.17, 15) is 14.4 Å². The molecule has 2 fully saturated rings. The maximum absolute atomic E-state index is 12.3. The van der Waals surface area contributed by atoms with Crippen LogP contribution < -0.4 is 10.9 Å². The molecule has 0 spiro atoms. The first-order chi connectivity index (χ1) is 10.9. The molecule has 122 valence electrons. The lowest BCUT2D eigenvalue weighted by Gasteiger charge is -2.29. The molecule has 2 saturated heterocycles. The van der Waals surface area contributed by atoms with Gasteiger partial charge in [-0.05, 0) is 31.5 Å². The minimum Gasteiger partial charge on any atom is -0.315 e. The van der Waals surface area contributed by atoms with Crippen LogP contribution in [0, 0.1) is 0 Å². The highest BCUT2D eigenvalue weighted by Crippen LogP contribution is 2.47. The third-order valence-corrected chi connectivity index (χ3v) is 5.87. The maximum Gasteiger partial charge on any atom is 0.269 e. The molecule has 2 heterocycles. The summed E-state index contributed by atoms with van der Waals surface area (Å²) < 4.78 is 0. The molecular formula is C15H16ClN3O3S. The lowest BCUT2D eigenvalue weighted by Crippen LogP contribution is -2.54. The number of hydrogen-bond donors (Lipinski definition) is 2. The quantitative estimate of drug-likeness (QED) is 0.791. The third-order valence-electron chi connectivity index (χ3n) is 4.13. The number of hydrogen-bond acceptors (Lipinski definition) is 4. The number of rotatable bonds is 2. The van der Waals surface area contributed by atoms with Crippen molar-refractivity contribution in [2.75, 3.05) is 5.75 Å². The summed E-state index contributed by atoms with van der Waals surface area (Å²) in [6.45, 7) is 1.97. The second-order valence-electron chi connectivity index (χ2n) is 5.72. The van der Waals surface area contributed by atoms with Crippen LogP contribution in [-0.4, -0.2) is 39.3 Å². The van der Waals surface area contributed by atoms with Crippen molar-refractivity contribution in [3.63, 3.8) is 0 Å². The van der Waals surface area contributed by atoms with Gasteiger partial charge >= 0.3 is 0 Å². The van der Waals surface area contributed by atoms with Gasteiger partial charge in [-0.1, -0.05) is 17.7 Å². The molecule has 0 aliphatic carbocycles. The average Bonchev–Trinajstić information content (AvgIpc) is 3.01. The Bertz CT molecular complexity index is 684. The van der Waals surface area contributed by atoms with E-state index in [1.54, 1.807) is 34.9 Å². The fourth-order valence-corrected chi connectivity index (χ4v) is 4.54. The number of hydrazine groups is 1. The smallest absolute Gasteiger partial charge is 0.269 e. The lowest BCUT2D eigenvalue weighted by atomic mass is 10.2. The van der Waals surface area contributed by atoms with E-state index in [0.29, 0.717) is 22.8 Å². The van der Waals surface area contributed by atoms with Crippen molar-refractivity contribution in [3.05, 3.63) is 34.9 Å². The van der Waals surface area contributed by atoms with Crippen LogP contribution in [0.2, 0.25) is 5.02 Å². The van der Waals surface area contributed by atoms with Gasteiger partial charge in [0.15, 0.2) is 0 Å². The minimum absolute atomic E-state index is 0.0150. The van der Waals surface area contributed by atoms with Gasteiger partial charge < -0.3 is 4.90 Å². The van der Waals surface area contributed by atoms with E-state index < -0.39 is 11.9 Å². The zero-order valence-electron chi connectivity index (χ0n) is 12.5. The van der Waals surface area contributed by atoms with Gasteiger partial charge in [-0.25, -0.2) is 0 Å². The summed E-state index contributed by atoms with van der Waals surface area (Å²) in [7, 11) is 0. The van der Waals surface area contributed by atoms with Crippen LogP contribution in [0.15, 0.2) is 24.3 Å². The molecule has 6 nitrogen and oxygen atoms in total. The van der Waals surface area contributed by atoms with E-state index in [1.165, 1.54) is 6.07 Å². The third kappa shape index (κ3) is 3.03. The molecule has 0 unspecified atom stereocenters. The fraction of sp³-hybridized carbons (Fsp3) is 0.400. The zero-order valence-corrected chi connectivity index (χ0v) is 14.0. The van der Waals surface area contributed by atoms with Gasteiger partial charge in [0.1, 0.15) is 6.04 Å². The summed E-state index contributed by atoms with van der Waals surface area (Å²) >= 11 is 7.44. The SMILES string of the molecule is C[C@@]12CCC(=O)N1[C@H](C(=O)NNC(=O)c1cccc(Cl)c1)CS2. The first-order valence-corrected chi connectivity index (χ1v) is 8.59. The molecular weight excluding hydrogens is 338 g/mol. The number of halogens is 1. The minimum atomic E-state index is -0.556. The van der Waals surface area contributed by atoms with Gasteiger partial charge in [-0.15, -0.1) is 11.8 Å². The average molecular weight is 354 g/mol. The van der Waals surface area contributed by atoms with Gasteiger partial charge in [0.25, 0.3) is 11.8 Å². The molecule has 1 aromatic carbocycles. The number of carbonyl (C=O) groups excluding carboxylic acids is 3. The Morgan fingerprint density at radius 3 is 2.91 bits per heavy atom. The molecule has 0 saturated carbocycles. The van der Waals surface area contributed by atoms with E-state index >= 15 is 0 Å². The molecule has 2 atom stereocenters. The summed E-state index contributed by atoms with van der Waals surface area (Å²) in [6, 6.07) is 5.86. The summed E-state index contributed by atoms with van der Waals surface area (Å²) in [5.41, 5.74) is 5.12. The highest BCUT2D eigenvalue weighted by atomic mass is 35.5. The number of nitrogens with one attached hydrogen (secondary N) is 2. The highest BCUT2D eigenvalue weighted by Gasteiger charge is 2.52.